The Bertz CT molecular complexity index is 1360. The second-order valence-corrected chi connectivity index (χ2v) is 13.9. The normalized spacial score (nSPS) is 21.8. The highest BCUT2D eigenvalue weighted by atomic mass is 16.2. The fourth-order valence-corrected chi connectivity index (χ4v) is 6.44. The van der Waals surface area contributed by atoms with Gasteiger partial charge in [-0.15, -0.1) is 0 Å². The van der Waals surface area contributed by atoms with Crippen LogP contribution in [0.15, 0.2) is 30.3 Å². The van der Waals surface area contributed by atoms with E-state index in [0.717, 1.165) is 32.1 Å². The van der Waals surface area contributed by atoms with Gasteiger partial charge in [-0.25, -0.2) is 0 Å². The van der Waals surface area contributed by atoms with Crippen molar-refractivity contribution < 1.29 is 33.6 Å². The number of carbonyl (C=O) groups is 7. The Morgan fingerprint density at radius 3 is 2.19 bits per heavy atom. The van der Waals surface area contributed by atoms with Crippen molar-refractivity contribution in [2.45, 2.75) is 116 Å². The zero-order valence-electron chi connectivity index (χ0n) is 27.7. The predicted molar refractivity (Wildman–Crippen MR) is 173 cm³/mol. The van der Waals surface area contributed by atoms with E-state index in [2.05, 4.69) is 26.6 Å². The number of nitrogens with zero attached hydrogens (tertiary/aromatic N) is 1. The van der Waals surface area contributed by atoms with E-state index < -0.39 is 71.3 Å². The first kappa shape index (κ1) is 35.6. The van der Waals surface area contributed by atoms with Crippen LogP contribution in [0.4, 0.5) is 5.69 Å². The van der Waals surface area contributed by atoms with Crippen molar-refractivity contribution in [3.63, 3.8) is 0 Å². The topological polar surface area (TPSA) is 183 Å². The van der Waals surface area contributed by atoms with Crippen LogP contribution >= 0.6 is 0 Å². The van der Waals surface area contributed by atoms with E-state index in [4.69, 9.17) is 0 Å². The van der Waals surface area contributed by atoms with Gasteiger partial charge in [0.15, 0.2) is 0 Å². The van der Waals surface area contributed by atoms with Crippen LogP contribution in [0.2, 0.25) is 0 Å². The minimum atomic E-state index is -1.06. The van der Waals surface area contributed by atoms with Crippen molar-refractivity contribution in [3.05, 3.63) is 30.3 Å². The molecule has 5 N–H and O–H groups in total. The maximum atomic E-state index is 14.4. The standard InChI is InChI=1S/C34H48N6O7/c1-5-11-23(27(42)30(44)36-22-16-17-22)38-29(43)25-18-20-12-9-10-15-24(20)40(25)33(47)28(34(2,3)4)39-26(41)19-35-31(45)32(46)37-21-13-7-6-8-14-21/h6-8,13-14,20,22-25,28H,5,9-12,15-19H2,1-4H3,(H,35,45)(H,36,44)(H,37,46)(H,38,43)(H,39,41)/t20-,23-,24-,25-,28+/m0/s1. The van der Waals surface area contributed by atoms with Crippen molar-refractivity contribution in [1.29, 1.82) is 0 Å². The molecular formula is C34H48N6O7. The number of nitrogens with one attached hydrogen (secondary N) is 5. The maximum Gasteiger partial charge on any atom is 0.313 e. The van der Waals surface area contributed by atoms with Gasteiger partial charge in [0.2, 0.25) is 23.5 Å². The second-order valence-electron chi connectivity index (χ2n) is 13.9. The molecule has 5 atom stereocenters. The zero-order chi connectivity index (χ0) is 34.3. The molecule has 1 aromatic rings. The molecule has 0 radical (unpaired) electrons. The van der Waals surface area contributed by atoms with Gasteiger partial charge >= 0.3 is 11.8 Å². The van der Waals surface area contributed by atoms with E-state index in [9.17, 15) is 33.6 Å². The van der Waals surface area contributed by atoms with Gasteiger partial charge in [0.25, 0.3) is 5.91 Å². The lowest BCUT2D eigenvalue weighted by Gasteiger charge is -2.39. The molecule has 13 heteroatoms. The fourth-order valence-electron chi connectivity index (χ4n) is 6.44. The minimum Gasteiger partial charge on any atom is -0.347 e. The highest BCUT2D eigenvalue weighted by molar-refractivity contribution is 6.40. The van der Waals surface area contributed by atoms with Gasteiger partial charge in [-0.3, -0.25) is 33.6 Å². The molecular weight excluding hydrogens is 604 g/mol. The number of carbonyl (C=O) groups excluding carboxylic acids is 7. The monoisotopic (exact) mass is 652 g/mol. The molecule has 2 saturated carbocycles. The molecule has 4 rings (SSSR count). The lowest BCUT2D eigenvalue weighted by Crippen LogP contribution is -2.61. The summed E-state index contributed by atoms with van der Waals surface area (Å²) in [5, 5.41) is 13.0. The third-order valence-corrected chi connectivity index (χ3v) is 9.06. The first-order valence-electron chi connectivity index (χ1n) is 16.7. The summed E-state index contributed by atoms with van der Waals surface area (Å²) in [6, 6.07) is 5.25. The summed E-state index contributed by atoms with van der Waals surface area (Å²) in [4.78, 5) is 93.1. The SMILES string of the molecule is CCC[C@H](NC(=O)[C@@H]1C[C@@H]2CCCC[C@@H]2N1C(=O)[C@@H](NC(=O)CNC(=O)C(=O)Nc1ccccc1)C(C)(C)C)C(=O)C(=O)NC1CC1. The van der Waals surface area contributed by atoms with E-state index in [1.165, 1.54) is 0 Å². The Balaban J connectivity index is 1.45. The van der Waals surface area contributed by atoms with Crippen molar-refractivity contribution in [1.82, 2.24) is 26.2 Å². The van der Waals surface area contributed by atoms with Gasteiger partial charge in [-0.2, -0.15) is 0 Å². The zero-order valence-corrected chi connectivity index (χ0v) is 27.7. The highest BCUT2D eigenvalue weighted by Crippen LogP contribution is 2.41. The molecule has 1 aromatic carbocycles. The fraction of sp³-hybridized carbons (Fsp3) is 0.618. The van der Waals surface area contributed by atoms with E-state index in [0.29, 0.717) is 24.9 Å². The van der Waals surface area contributed by atoms with Crippen LogP contribution in [0, 0.1) is 11.3 Å². The van der Waals surface area contributed by atoms with Crippen molar-refractivity contribution in [2.75, 3.05) is 11.9 Å². The third-order valence-electron chi connectivity index (χ3n) is 9.06. The Morgan fingerprint density at radius 1 is 0.872 bits per heavy atom. The molecule has 0 spiro atoms. The van der Waals surface area contributed by atoms with Crippen molar-refractivity contribution in [2.24, 2.45) is 11.3 Å². The average Bonchev–Trinajstić information content (AvgIpc) is 3.77. The number of hydrogen-bond donors (Lipinski definition) is 5. The first-order chi connectivity index (χ1) is 22.3. The van der Waals surface area contributed by atoms with Crippen LogP contribution in [0.25, 0.3) is 0 Å². The van der Waals surface area contributed by atoms with E-state index in [1.807, 2.05) is 6.92 Å². The first-order valence-corrected chi connectivity index (χ1v) is 16.7. The van der Waals surface area contributed by atoms with Crippen molar-refractivity contribution in [3.8, 4) is 0 Å². The molecule has 0 aromatic heterocycles. The lowest BCUT2D eigenvalue weighted by atomic mass is 9.83. The Hall–Kier alpha value is -4.29. The molecule has 1 heterocycles. The number of hydrogen-bond acceptors (Lipinski definition) is 7. The van der Waals surface area contributed by atoms with Crippen LogP contribution < -0.4 is 26.6 Å². The Kier molecular flexibility index (Phi) is 11.8. The Labute approximate surface area is 275 Å². The van der Waals surface area contributed by atoms with Crippen LogP contribution in [0.3, 0.4) is 0 Å². The number of amides is 6. The summed E-state index contributed by atoms with van der Waals surface area (Å²) in [6.45, 7) is 6.69. The van der Waals surface area contributed by atoms with Crippen LogP contribution in [-0.4, -0.2) is 82.9 Å². The van der Waals surface area contributed by atoms with Crippen molar-refractivity contribution >= 4 is 46.9 Å². The number of fused-ring (bicyclic) bond motifs is 1. The average molecular weight is 653 g/mol. The molecule has 3 fully saturated rings. The summed E-state index contributed by atoms with van der Waals surface area (Å²) < 4.78 is 0. The molecule has 1 saturated heterocycles. The van der Waals surface area contributed by atoms with E-state index in [1.54, 1.807) is 56.0 Å². The molecule has 0 bridgehead atoms. The quantitative estimate of drug-likeness (QED) is 0.212. The van der Waals surface area contributed by atoms with Gasteiger partial charge < -0.3 is 31.5 Å². The largest absolute Gasteiger partial charge is 0.347 e. The van der Waals surface area contributed by atoms with Gasteiger partial charge in [0.05, 0.1) is 12.6 Å². The lowest BCUT2D eigenvalue weighted by molar-refractivity contribution is -0.147. The van der Waals surface area contributed by atoms with Crippen LogP contribution in [0.5, 0.6) is 0 Å². The summed E-state index contributed by atoms with van der Waals surface area (Å²) in [5.41, 5.74) is -0.357. The highest BCUT2D eigenvalue weighted by Gasteiger charge is 2.51. The molecule has 3 aliphatic rings. The molecule has 47 heavy (non-hydrogen) atoms. The smallest absolute Gasteiger partial charge is 0.313 e. The van der Waals surface area contributed by atoms with Gasteiger partial charge in [0.1, 0.15) is 12.1 Å². The number of ketones is 1. The minimum absolute atomic E-state index is 0.000181. The predicted octanol–water partition coefficient (Wildman–Crippen LogP) is 1.56. The number of benzene rings is 1. The number of rotatable bonds is 12. The molecule has 6 amide bonds. The summed E-state index contributed by atoms with van der Waals surface area (Å²) >= 11 is 0. The third kappa shape index (κ3) is 9.39. The van der Waals surface area contributed by atoms with Crippen LogP contribution in [0.1, 0.15) is 85.5 Å². The second kappa shape index (κ2) is 15.5. The molecule has 1 aliphatic heterocycles. The van der Waals surface area contributed by atoms with E-state index >= 15 is 0 Å². The molecule has 0 unspecified atom stereocenters. The molecule has 256 valence electrons. The summed E-state index contributed by atoms with van der Waals surface area (Å²) in [6.07, 6.45) is 6.34. The number of anilines is 1. The number of Topliss-reactive ketones (excluding diaryl/α,β-unsaturated/α-hetero) is 1. The molecule has 2 aliphatic carbocycles. The Morgan fingerprint density at radius 2 is 1.55 bits per heavy atom. The number of para-hydroxylation sites is 1. The van der Waals surface area contributed by atoms with E-state index in [-0.39, 0.29) is 24.4 Å². The van der Waals surface area contributed by atoms with Gasteiger partial charge in [0, 0.05) is 17.8 Å². The summed E-state index contributed by atoms with van der Waals surface area (Å²) in [7, 11) is 0. The number of likely N-dealkylation sites (tertiary alicyclic amines) is 1. The summed E-state index contributed by atoms with van der Waals surface area (Å²) in [5.74, 6) is -4.86. The van der Waals surface area contributed by atoms with Crippen LogP contribution in [-0.2, 0) is 33.6 Å². The van der Waals surface area contributed by atoms with Gasteiger partial charge in [-0.1, -0.05) is 65.2 Å². The molecule has 13 nitrogen and oxygen atoms in total. The van der Waals surface area contributed by atoms with Gasteiger partial charge in [-0.05, 0) is 62.0 Å². The maximum absolute atomic E-state index is 14.4.